The lowest BCUT2D eigenvalue weighted by Crippen LogP contribution is -2.38. The number of hydrogen-bond acceptors (Lipinski definition) is 6. The molecule has 2 aromatic carbocycles. The molecule has 3 rings (SSSR count). The zero-order chi connectivity index (χ0) is 21.2. The van der Waals surface area contributed by atoms with E-state index in [0.717, 1.165) is 26.1 Å². The molecule has 3 aromatic rings. The summed E-state index contributed by atoms with van der Waals surface area (Å²) in [5, 5.41) is 31.6. The quantitative estimate of drug-likeness (QED) is 0.192. The maximum Gasteiger partial charge on any atom is 0.270 e. The monoisotopic (exact) mass is 401 g/mol. The van der Waals surface area contributed by atoms with E-state index in [9.17, 15) is 10.1 Å². The van der Waals surface area contributed by atoms with E-state index in [1.807, 2.05) is 60.9 Å². The minimum Gasteiger partial charge on any atom is -0.311 e. The van der Waals surface area contributed by atoms with Crippen molar-refractivity contribution < 1.29 is 9.49 Å². The molecule has 0 aliphatic rings. The molecule has 0 bridgehead atoms. The van der Waals surface area contributed by atoms with Crippen LogP contribution in [0.2, 0.25) is 0 Å². The van der Waals surface area contributed by atoms with E-state index < -0.39 is 4.92 Å². The standard InChI is InChI=1S/C22H21N6O2/c23-17-19-16-21(28(29)30)8-9-22(19)26-25-20-6-4-18(5-7-20)10-11-24-12-15-27-13-2-1-3-14-27/h1-9,13-14,16,24H,10-12,15H2/q+1. The van der Waals surface area contributed by atoms with Gasteiger partial charge in [-0.15, -0.1) is 5.11 Å². The third-order valence-electron chi connectivity index (χ3n) is 4.44. The predicted molar refractivity (Wildman–Crippen MR) is 112 cm³/mol. The maximum atomic E-state index is 10.8. The fourth-order valence-corrected chi connectivity index (χ4v) is 2.80. The third kappa shape index (κ3) is 6.02. The Labute approximate surface area is 174 Å². The van der Waals surface area contributed by atoms with Crippen LogP contribution in [0, 0.1) is 21.4 Å². The van der Waals surface area contributed by atoms with Crippen molar-refractivity contribution in [2.24, 2.45) is 10.2 Å². The summed E-state index contributed by atoms with van der Waals surface area (Å²) in [7, 11) is 0. The van der Waals surface area contributed by atoms with Crippen LogP contribution in [0.15, 0.2) is 83.3 Å². The van der Waals surface area contributed by atoms with Gasteiger partial charge in [-0.2, -0.15) is 10.4 Å². The summed E-state index contributed by atoms with van der Waals surface area (Å²) >= 11 is 0. The number of non-ortho nitro benzene ring substituents is 1. The molecule has 1 N–H and O–H groups in total. The highest BCUT2D eigenvalue weighted by Gasteiger charge is 2.10. The normalized spacial score (nSPS) is 10.8. The lowest BCUT2D eigenvalue weighted by Gasteiger charge is -2.04. The van der Waals surface area contributed by atoms with E-state index in [1.54, 1.807) is 0 Å². The van der Waals surface area contributed by atoms with Crippen molar-refractivity contribution in [2.75, 3.05) is 13.1 Å². The molecule has 8 nitrogen and oxygen atoms in total. The van der Waals surface area contributed by atoms with Crippen molar-refractivity contribution in [1.29, 1.82) is 5.26 Å². The second kappa shape index (κ2) is 10.5. The summed E-state index contributed by atoms with van der Waals surface area (Å²) in [6.45, 7) is 2.70. The van der Waals surface area contributed by atoms with Gasteiger partial charge in [0, 0.05) is 24.3 Å². The highest BCUT2D eigenvalue weighted by atomic mass is 16.6. The molecular weight excluding hydrogens is 380 g/mol. The first-order chi connectivity index (χ1) is 14.7. The number of rotatable bonds is 9. The maximum absolute atomic E-state index is 10.8. The van der Waals surface area contributed by atoms with Crippen LogP contribution in [0.25, 0.3) is 0 Å². The molecule has 0 fully saturated rings. The number of nitro benzene ring substituents is 1. The van der Waals surface area contributed by atoms with Crippen molar-refractivity contribution in [2.45, 2.75) is 13.0 Å². The number of nitrogens with zero attached hydrogens (tertiary/aromatic N) is 5. The first-order valence-electron chi connectivity index (χ1n) is 9.50. The molecule has 0 spiro atoms. The van der Waals surface area contributed by atoms with Gasteiger partial charge in [0.2, 0.25) is 0 Å². The van der Waals surface area contributed by atoms with Gasteiger partial charge in [0.15, 0.2) is 18.9 Å². The average Bonchev–Trinajstić information content (AvgIpc) is 2.78. The van der Waals surface area contributed by atoms with Gasteiger partial charge in [-0.05, 0) is 36.7 Å². The molecule has 1 heterocycles. The Kier molecular flexibility index (Phi) is 7.30. The minimum atomic E-state index is -0.546. The van der Waals surface area contributed by atoms with E-state index >= 15 is 0 Å². The number of benzene rings is 2. The summed E-state index contributed by atoms with van der Waals surface area (Å²) in [6, 6.07) is 19.6. The second-order valence-corrected chi connectivity index (χ2v) is 6.55. The molecule has 30 heavy (non-hydrogen) atoms. The number of nitrogens with one attached hydrogen (secondary N) is 1. The number of nitro groups is 1. The van der Waals surface area contributed by atoms with Crippen molar-refractivity contribution in [3.8, 4) is 6.07 Å². The van der Waals surface area contributed by atoms with Crippen LogP contribution in [0.3, 0.4) is 0 Å². The molecule has 1 aromatic heterocycles. The van der Waals surface area contributed by atoms with Crippen LogP contribution in [-0.2, 0) is 13.0 Å². The van der Waals surface area contributed by atoms with Gasteiger partial charge < -0.3 is 5.32 Å². The van der Waals surface area contributed by atoms with Crippen molar-refractivity contribution in [1.82, 2.24) is 5.32 Å². The molecule has 8 heteroatoms. The molecule has 0 saturated heterocycles. The second-order valence-electron chi connectivity index (χ2n) is 6.55. The van der Waals surface area contributed by atoms with Crippen molar-refractivity contribution in [3.05, 3.63) is 94.3 Å². The van der Waals surface area contributed by atoms with Crippen molar-refractivity contribution in [3.63, 3.8) is 0 Å². The lowest BCUT2D eigenvalue weighted by molar-refractivity contribution is -0.695. The number of aromatic nitrogens is 1. The molecule has 0 aliphatic heterocycles. The number of nitriles is 1. The molecule has 0 radical (unpaired) electrons. The Balaban J connectivity index is 1.49. The molecule has 0 amide bonds. The number of azo groups is 1. The zero-order valence-electron chi connectivity index (χ0n) is 16.3. The highest BCUT2D eigenvalue weighted by Crippen LogP contribution is 2.26. The van der Waals surface area contributed by atoms with Gasteiger partial charge in [0.25, 0.3) is 5.69 Å². The summed E-state index contributed by atoms with van der Waals surface area (Å²) < 4.78 is 2.13. The molecule has 0 atom stereocenters. The molecule has 0 unspecified atom stereocenters. The van der Waals surface area contributed by atoms with Crippen LogP contribution in [0.4, 0.5) is 17.1 Å². The van der Waals surface area contributed by atoms with E-state index in [2.05, 4.69) is 20.1 Å². The molecular formula is C22H21N6O2+. The van der Waals surface area contributed by atoms with Crippen LogP contribution in [0.5, 0.6) is 0 Å². The molecule has 0 aliphatic carbocycles. The topological polar surface area (TPSA) is 108 Å². The first-order valence-corrected chi connectivity index (χ1v) is 9.50. The van der Waals surface area contributed by atoms with E-state index in [4.69, 9.17) is 5.26 Å². The average molecular weight is 401 g/mol. The fraction of sp³-hybridized carbons (Fsp3) is 0.182. The van der Waals surface area contributed by atoms with E-state index in [0.29, 0.717) is 11.4 Å². The molecule has 0 saturated carbocycles. The number of pyridine rings is 1. The Morgan fingerprint density at radius 2 is 1.80 bits per heavy atom. The zero-order valence-corrected chi connectivity index (χ0v) is 16.3. The van der Waals surface area contributed by atoms with Gasteiger partial charge >= 0.3 is 0 Å². The van der Waals surface area contributed by atoms with Crippen LogP contribution in [0.1, 0.15) is 11.1 Å². The largest absolute Gasteiger partial charge is 0.311 e. The van der Waals surface area contributed by atoms with Gasteiger partial charge in [0.1, 0.15) is 11.8 Å². The van der Waals surface area contributed by atoms with Crippen LogP contribution in [-0.4, -0.2) is 18.0 Å². The Hall–Kier alpha value is -3.96. The van der Waals surface area contributed by atoms with E-state index in [1.165, 1.54) is 23.8 Å². The minimum absolute atomic E-state index is 0.115. The number of hydrogen-bond donors (Lipinski definition) is 1. The Bertz CT molecular complexity index is 1060. The lowest BCUT2D eigenvalue weighted by atomic mass is 10.1. The Morgan fingerprint density at radius 1 is 1.03 bits per heavy atom. The van der Waals surface area contributed by atoms with Crippen LogP contribution >= 0.6 is 0 Å². The fourth-order valence-electron chi connectivity index (χ4n) is 2.80. The first kappa shape index (κ1) is 20.8. The smallest absolute Gasteiger partial charge is 0.270 e. The van der Waals surface area contributed by atoms with Crippen molar-refractivity contribution >= 4 is 17.1 Å². The summed E-state index contributed by atoms with van der Waals surface area (Å²) in [5.74, 6) is 0. The van der Waals surface area contributed by atoms with E-state index in [-0.39, 0.29) is 11.3 Å². The Morgan fingerprint density at radius 3 is 2.50 bits per heavy atom. The summed E-state index contributed by atoms with van der Waals surface area (Å²) in [5.41, 5.74) is 2.10. The third-order valence-corrected chi connectivity index (χ3v) is 4.44. The predicted octanol–water partition coefficient (Wildman–Crippen LogP) is 4.00. The molecule has 150 valence electrons. The van der Waals surface area contributed by atoms with Gasteiger partial charge in [-0.25, -0.2) is 4.57 Å². The summed E-state index contributed by atoms with van der Waals surface area (Å²) in [6.07, 6.45) is 4.99. The van der Waals surface area contributed by atoms with Gasteiger partial charge in [-0.1, -0.05) is 18.2 Å². The van der Waals surface area contributed by atoms with Gasteiger partial charge in [-0.3, -0.25) is 10.1 Å². The van der Waals surface area contributed by atoms with Gasteiger partial charge in [0.05, 0.1) is 22.7 Å². The van der Waals surface area contributed by atoms with Crippen LogP contribution < -0.4 is 9.88 Å². The highest BCUT2D eigenvalue weighted by molar-refractivity contribution is 5.58. The summed E-state index contributed by atoms with van der Waals surface area (Å²) in [4.78, 5) is 10.3. The SMILES string of the molecule is N#Cc1cc([N+](=O)[O-])ccc1N=Nc1ccc(CCNCC[n+]2ccccc2)cc1.